The summed E-state index contributed by atoms with van der Waals surface area (Å²) in [6, 6.07) is -0.251. The number of carbonyl (C=O) groups is 2. The molecular formula is C11H18N2O4S. The summed E-state index contributed by atoms with van der Waals surface area (Å²) in [5, 5.41) is 14.6. The average Bonchev–Trinajstić information content (AvgIpc) is 2.80. The van der Waals surface area contributed by atoms with E-state index in [1.165, 1.54) is 0 Å². The van der Waals surface area contributed by atoms with Crippen molar-refractivity contribution in [2.45, 2.75) is 30.8 Å². The molecule has 0 saturated carbocycles. The van der Waals surface area contributed by atoms with E-state index >= 15 is 0 Å². The van der Waals surface area contributed by atoms with Gasteiger partial charge in [0.2, 0.25) is 0 Å². The lowest BCUT2D eigenvalue weighted by Crippen LogP contribution is -2.59. The Bertz CT molecular complexity index is 325. The van der Waals surface area contributed by atoms with Crippen LogP contribution in [0, 0.1) is 0 Å². The molecule has 0 bridgehead atoms. The molecule has 2 amide bonds. The highest BCUT2D eigenvalue weighted by Crippen LogP contribution is 2.20. The number of amides is 2. The van der Waals surface area contributed by atoms with E-state index < -0.39 is 17.5 Å². The molecule has 0 radical (unpaired) electrons. The predicted molar refractivity (Wildman–Crippen MR) is 67.8 cm³/mol. The molecule has 1 unspecified atom stereocenters. The number of hydrogen-bond acceptors (Lipinski definition) is 4. The minimum Gasteiger partial charge on any atom is -0.479 e. The van der Waals surface area contributed by atoms with Gasteiger partial charge in [0.05, 0.1) is 6.61 Å². The zero-order chi connectivity index (χ0) is 13.0. The van der Waals surface area contributed by atoms with Crippen molar-refractivity contribution in [3.05, 3.63) is 0 Å². The number of thioether (sulfide) groups is 1. The first-order valence-corrected chi connectivity index (χ1v) is 7.25. The van der Waals surface area contributed by atoms with Gasteiger partial charge in [0, 0.05) is 19.1 Å². The molecule has 0 aliphatic carbocycles. The molecule has 0 aromatic carbocycles. The summed E-state index contributed by atoms with van der Waals surface area (Å²) in [7, 11) is 0. The third-order valence-corrected chi connectivity index (χ3v) is 4.39. The Morgan fingerprint density at radius 1 is 1.33 bits per heavy atom. The maximum atomic E-state index is 11.8. The summed E-state index contributed by atoms with van der Waals surface area (Å²) >= 11 is 1.88. The third-order valence-electron chi connectivity index (χ3n) is 3.34. The molecule has 3 N–H and O–H groups in total. The molecule has 6 nitrogen and oxygen atoms in total. The van der Waals surface area contributed by atoms with E-state index in [0.29, 0.717) is 13.0 Å². The summed E-state index contributed by atoms with van der Waals surface area (Å²) < 4.78 is 5.09. The molecule has 2 heterocycles. The lowest BCUT2D eigenvalue weighted by atomic mass is 9.99. The number of carbonyl (C=O) groups excluding carboxylic acids is 1. The van der Waals surface area contributed by atoms with E-state index in [1.54, 1.807) is 0 Å². The number of hydrogen-bond donors (Lipinski definition) is 3. The Morgan fingerprint density at radius 3 is 2.61 bits per heavy atom. The van der Waals surface area contributed by atoms with Crippen LogP contribution in [0.4, 0.5) is 4.79 Å². The summed E-state index contributed by atoms with van der Waals surface area (Å²) in [6.07, 6.45) is 2.19. The van der Waals surface area contributed by atoms with Crippen molar-refractivity contribution < 1.29 is 19.4 Å². The summed E-state index contributed by atoms with van der Waals surface area (Å²) in [4.78, 5) is 23.1. The first-order chi connectivity index (χ1) is 8.62. The lowest BCUT2D eigenvalue weighted by Gasteiger charge is -2.27. The van der Waals surface area contributed by atoms with Gasteiger partial charge in [0.25, 0.3) is 0 Å². The molecule has 7 heteroatoms. The van der Waals surface area contributed by atoms with Gasteiger partial charge in [-0.15, -0.1) is 0 Å². The molecule has 102 valence electrons. The van der Waals surface area contributed by atoms with Crippen LogP contribution in [0.5, 0.6) is 0 Å². The van der Waals surface area contributed by atoms with Crippen LogP contribution in [0.2, 0.25) is 0 Å². The topological polar surface area (TPSA) is 87.7 Å². The van der Waals surface area contributed by atoms with E-state index in [4.69, 9.17) is 4.74 Å². The van der Waals surface area contributed by atoms with Crippen LogP contribution in [-0.2, 0) is 9.53 Å². The van der Waals surface area contributed by atoms with Crippen molar-refractivity contribution in [1.82, 2.24) is 10.6 Å². The smallest absolute Gasteiger partial charge is 0.332 e. The molecular weight excluding hydrogens is 256 g/mol. The van der Waals surface area contributed by atoms with Crippen LogP contribution in [0.25, 0.3) is 0 Å². The highest BCUT2D eigenvalue weighted by atomic mass is 32.2. The number of rotatable bonds is 3. The van der Waals surface area contributed by atoms with E-state index in [2.05, 4.69) is 10.6 Å². The summed E-state index contributed by atoms with van der Waals surface area (Å²) in [6.45, 7) is 0.406. The fourth-order valence-corrected chi connectivity index (χ4v) is 3.27. The van der Waals surface area contributed by atoms with Gasteiger partial charge >= 0.3 is 12.0 Å². The van der Waals surface area contributed by atoms with Crippen molar-refractivity contribution in [3.63, 3.8) is 0 Å². The molecule has 2 saturated heterocycles. The normalized spacial score (nSPS) is 28.9. The first kappa shape index (κ1) is 13.5. The monoisotopic (exact) mass is 274 g/mol. The van der Waals surface area contributed by atoms with Crippen LogP contribution in [0.3, 0.4) is 0 Å². The van der Waals surface area contributed by atoms with E-state index in [0.717, 1.165) is 24.3 Å². The van der Waals surface area contributed by atoms with Gasteiger partial charge < -0.3 is 20.5 Å². The maximum absolute atomic E-state index is 11.8. The van der Waals surface area contributed by atoms with Gasteiger partial charge in [-0.25, -0.2) is 9.59 Å². The number of carboxylic acid groups (broad SMARTS) is 1. The zero-order valence-corrected chi connectivity index (χ0v) is 10.9. The van der Waals surface area contributed by atoms with Crippen LogP contribution in [-0.4, -0.2) is 53.4 Å². The molecule has 2 aliphatic rings. The van der Waals surface area contributed by atoms with Crippen LogP contribution in [0.1, 0.15) is 19.3 Å². The van der Waals surface area contributed by atoms with E-state index in [9.17, 15) is 14.7 Å². The Kier molecular flexibility index (Phi) is 4.34. The number of carboxylic acids is 1. The van der Waals surface area contributed by atoms with Gasteiger partial charge in [-0.3, -0.25) is 0 Å². The average molecular weight is 274 g/mol. The van der Waals surface area contributed by atoms with Gasteiger partial charge in [-0.05, 0) is 24.3 Å². The van der Waals surface area contributed by atoms with Crippen molar-refractivity contribution in [1.29, 1.82) is 0 Å². The SMILES string of the molecule is O=C(NC1CCSCC1)NC1(C(=O)O)CCOC1. The summed E-state index contributed by atoms with van der Waals surface area (Å²) in [5.74, 6) is 1.05. The van der Waals surface area contributed by atoms with E-state index in [-0.39, 0.29) is 12.6 Å². The van der Waals surface area contributed by atoms with Crippen molar-refractivity contribution in [2.24, 2.45) is 0 Å². The third kappa shape index (κ3) is 3.08. The number of nitrogens with one attached hydrogen (secondary N) is 2. The van der Waals surface area contributed by atoms with Gasteiger partial charge in [-0.1, -0.05) is 0 Å². The van der Waals surface area contributed by atoms with Crippen LogP contribution < -0.4 is 10.6 Å². The molecule has 0 aromatic rings. The molecule has 0 aromatic heterocycles. The lowest BCUT2D eigenvalue weighted by molar-refractivity contribution is -0.144. The Balaban J connectivity index is 1.87. The standard InChI is InChI=1S/C11H18N2O4S/c14-9(15)11(3-4-17-7-11)13-10(16)12-8-1-5-18-6-2-8/h8H,1-7H2,(H,14,15)(H2,12,13,16). The molecule has 2 rings (SSSR count). The second-order valence-corrected chi connectivity index (χ2v) is 5.90. The second-order valence-electron chi connectivity index (χ2n) is 4.67. The largest absolute Gasteiger partial charge is 0.479 e. The fourth-order valence-electron chi connectivity index (χ4n) is 2.17. The molecule has 2 fully saturated rings. The highest BCUT2D eigenvalue weighted by molar-refractivity contribution is 7.99. The second kappa shape index (κ2) is 5.79. The molecule has 18 heavy (non-hydrogen) atoms. The predicted octanol–water partition coefficient (Wildman–Crippen LogP) is 0.425. The quantitative estimate of drug-likeness (QED) is 0.694. The Hall–Kier alpha value is -0.950. The highest BCUT2D eigenvalue weighted by Gasteiger charge is 2.44. The van der Waals surface area contributed by atoms with Gasteiger partial charge in [0.1, 0.15) is 0 Å². The number of urea groups is 1. The molecule has 2 aliphatic heterocycles. The Morgan fingerprint density at radius 2 is 2.06 bits per heavy atom. The number of ether oxygens (including phenoxy) is 1. The minimum atomic E-state index is -1.26. The maximum Gasteiger partial charge on any atom is 0.332 e. The fraction of sp³-hybridized carbons (Fsp3) is 0.818. The molecule has 0 spiro atoms. The Labute approximate surface area is 110 Å². The summed E-state index contributed by atoms with van der Waals surface area (Å²) in [5.41, 5.74) is -1.26. The van der Waals surface area contributed by atoms with E-state index in [1.807, 2.05) is 11.8 Å². The molecule has 1 atom stereocenters. The van der Waals surface area contributed by atoms with Crippen molar-refractivity contribution >= 4 is 23.8 Å². The first-order valence-electron chi connectivity index (χ1n) is 6.10. The number of aliphatic carboxylic acids is 1. The minimum absolute atomic E-state index is 0.0380. The zero-order valence-electron chi connectivity index (χ0n) is 10.1. The van der Waals surface area contributed by atoms with Crippen molar-refractivity contribution in [2.75, 3.05) is 24.7 Å². The van der Waals surface area contributed by atoms with Gasteiger partial charge in [0.15, 0.2) is 5.54 Å². The van der Waals surface area contributed by atoms with Crippen LogP contribution in [0.15, 0.2) is 0 Å². The van der Waals surface area contributed by atoms with Gasteiger partial charge in [-0.2, -0.15) is 11.8 Å². The van der Waals surface area contributed by atoms with Crippen LogP contribution >= 0.6 is 11.8 Å². The van der Waals surface area contributed by atoms with Crippen molar-refractivity contribution in [3.8, 4) is 0 Å².